The maximum atomic E-state index is 13.2. The first kappa shape index (κ1) is 20.6. The number of nitrogens with zero attached hydrogens (tertiary/aromatic N) is 4. The molecule has 1 amide bonds. The number of amides is 1. The van der Waals surface area contributed by atoms with Crippen LogP contribution in [0.25, 0.3) is 0 Å². The normalized spacial score (nSPS) is 15.4. The Morgan fingerprint density at radius 2 is 1.50 bits per heavy atom. The number of piperazine rings is 1. The van der Waals surface area contributed by atoms with Gasteiger partial charge in [0.25, 0.3) is 0 Å². The van der Waals surface area contributed by atoms with Crippen molar-refractivity contribution in [3.05, 3.63) is 59.1 Å². The maximum Gasteiger partial charge on any atom is 0.241 e. The van der Waals surface area contributed by atoms with Crippen LogP contribution in [-0.2, 0) is 11.3 Å². The lowest BCUT2D eigenvalue weighted by Crippen LogP contribution is -2.48. The zero-order valence-corrected chi connectivity index (χ0v) is 17.7. The predicted octanol–water partition coefficient (Wildman–Crippen LogP) is 3.19. The quantitative estimate of drug-likeness (QED) is 0.745. The van der Waals surface area contributed by atoms with Crippen LogP contribution in [0.15, 0.2) is 48.5 Å². The van der Waals surface area contributed by atoms with Crippen molar-refractivity contribution in [1.29, 1.82) is 0 Å². The smallest absolute Gasteiger partial charge is 0.241 e. The van der Waals surface area contributed by atoms with E-state index in [9.17, 15) is 4.79 Å². The summed E-state index contributed by atoms with van der Waals surface area (Å²) in [6, 6.07) is 15.8. The molecule has 1 saturated heterocycles. The van der Waals surface area contributed by atoms with Gasteiger partial charge in [-0.2, -0.15) is 0 Å². The molecule has 150 valence electrons. The summed E-state index contributed by atoms with van der Waals surface area (Å²) in [7, 11) is 6.17. The third kappa shape index (κ3) is 5.47. The third-order valence-corrected chi connectivity index (χ3v) is 5.44. The molecule has 6 heteroatoms. The molecule has 5 nitrogen and oxygen atoms in total. The van der Waals surface area contributed by atoms with Crippen molar-refractivity contribution in [3.63, 3.8) is 0 Å². The Morgan fingerprint density at radius 3 is 2.07 bits per heavy atom. The predicted molar refractivity (Wildman–Crippen MR) is 117 cm³/mol. The Morgan fingerprint density at radius 1 is 0.929 bits per heavy atom. The molecule has 0 bridgehead atoms. The second-order valence-corrected chi connectivity index (χ2v) is 8.03. The number of rotatable bonds is 6. The van der Waals surface area contributed by atoms with Crippen LogP contribution >= 0.6 is 11.6 Å². The number of likely N-dealkylation sites (N-methyl/N-ethyl adjacent to an activating group) is 1. The van der Waals surface area contributed by atoms with Crippen LogP contribution in [0.4, 0.5) is 11.4 Å². The summed E-state index contributed by atoms with van der Waals surface area (Å²) in [6.45, 7) is 4.83. The van der Waals surface area contributed by atoms with Crippen LogP contribution < -0.4 is 9.80 Å². The van der Waals surface area contributed by atoms with E-state index in [1.807, 2.05) is 43.3 Å². The minimum atomic E-state index is 0.114. The summed E-state index contributed by atoms with van der Waals surface area (Å²) in [4.78, 5) is 21.6. The topological polar surface area (TPSA) is 30.0 Å². The number of hydrogen-bond acceptors (Lipinski definition) is 4. The van der Waals surface area contributed by atoms with Gasteiger partial charge in [-0.15, -0.1) is 0 Å². The zero-order chi connectivity index (χ0) is 20.1. The van der Waals surface area contributed by atoms with E-state index in [-0.39, 0.29) is 5.91 Å². The minimum Gasteiger partial charge on any atom is -0.378 e. The third-order valence-electron chi connectivity index (χ3n) is 5.19. The SMILES string of the molecule is CN1CCN(CC(=O)N(Cc2ccc(N(C)C)cc2)c2ccc(Cl)cc2)CC1. The van der Waals surface area contributed by atoms with Gasteiger partial charge in [0.2, 0.25) is 5.91 Å². The standard InChI is InChI=1S/C22H29ClN4O/c1-24(2)20-8-4-18(5-9-20)16-27(21-10-6-19(23)7-11-21)22(28)17-26-14-12-25(3)13-15-26/h4-11H,12-17H2,1-3H3. The van der Waals surface area contributed by atoms with Gasteiger partial charge in [-0.25, -0.2) is 0 Å². The van der Waals surface area contributed by atoms with E-state index >= 15 is 0 Å². The summed E-state index contributed by atoms with van der Waals surface area (Å²) in [6.07, 6.45) is 0. The molecule has 1 heterocycles. The van der Waals surface area contributed by atoms with Gasteiger partial charge < -0.3 is 14.7 Å². The maximum absolute atomic E-state index is 13.2. The molecular formula is C22H29ClN4O. The molecule has 0 N–H and O–H groups in total. The monoisotopic (exact) mass is 400 g/mol. The highest BCUT2D eigenvalue weighted by molar-refractivity contribution is 6.30. The largest absolute Gasteiger partial charge is 0.378 e. The molecule has 0 aromatic heterocycles. The Balaban J connectivity index is 1.76. The molecule has 2 aromatic carbocycles. The Kier molecular flexibility index (Phi) is 6.94. The first-order chi connectivity index (χ1) is 13.4. The summed E-state index contributed by atoms with van der Waals surface area (Å²) in [5.41, 5.74) is 3.12. The van der Waals surface area contributed by atoms with Gasteiger partial charge in [-0.1, -0.05) is 23.7 Å². The number of carbonyl (C=O) groups is 1. The van der Waals surface area contributed by atoms with E-state index in [1.54, 1.807) is 0 Å². The second-order valence-electron chi connectivity index (χ2n) is 7.60. The van der Waals surface area contributed by atoms with Crippen LogP contribution in [0.2, 0.25) is 5.02 Å². The lowest BCUT2D eigenvalue weighted by atomic mass is 10.1. The number of benzene rings is 2. The second kappa shape index (κ2) is 9.41. The number of carbonyl (C=O) groups excluding carboxylic acids is 1. The molecule has 28 heavy (non-hydrogen) atoms. The fourth-order valence-corrected chi connectivity index (χ4v) is 3.44. The highest BCUT2D eigenvalue weighted by Gasteiger charge is 2.22. The number of anilines is 2. The summed E-state index contributed by atoms with van der Waals surface area (Å²) >= 11 is 6.05. The van der Waals surface area contributed by atoms with E-state index in [4.69, 9.17) is 11.6 Å². The highest BCUT2D eigenvalue weighted by atomic mass is 35.5. The average molecular weight is 401 g/mol. The van der Waals surface area contributed by atoms with Crippen molar-refractivity contribution in [2.24, 2.45) is 0 Å². The minimum absolute atomic E-state index is 0.114. The van der Waals surface area contributed by atoms with E-state index < -0.39 is 0 Å². The van der Waals surface area contributed by atoms with E-state index in [2.05, 4.69) is 46.0 Å². The van der Waals surface area contributed by atoms with Gasteiger partial charge in [-0.3, -0.25) is 9.69 Å². The molecule has 1 aliphatic heterocycles. The van der Waals surface area contributed by atoms with Crippen molar-refractivity contribution in [2.75, 3.05) is 63.7 Å². The fourth-order valence-electron chi connectivity index (χ4n) is 3.31. The number of hydrogen-bond donors (Lipinski definition) is 0. The van der Waals surface area contributed by atoms with E-state index in [0.717, 1.165) is 43.1 Å². The van der Waals surface area contributed by atoms with Crippen molar-refractivity contribution in [2.45, 2.75) is 6.54 Å². The van der Waals surface area contributed by atoms with Gasteiger partial charge in [0.05, 0.1) is 13.1 Å². The first-order valence-corrected chi connectivity index (χ1v) is 10.0. The average Bonchev–Trinajstić information content (AvgIpc) is 2.69. The van der Waals surface area contributed by atoms with E-state index in [1.165, 1.54) is 0 Å². The molecule has 1 aliphatic rings. The van der Waals surface area contributed by atoms with Gasteiger partial charge in [-0.05, 0) is 49.0 Å². The lowest BCUT2D eigenvalue weighted by Gasteiger charge is -2.33. The van der Waals surface area contributed by atoms with E-state index in [0.29, 0.717) is 18.1 Å². The Hall–Kier alpha value is -2.08. The molecule has 0 saturated carbocycles. The highest BCUT2D eigenvalue weighted by Crippen LogP contribution is 2.22. The summed E-state index contributed by atoms with van der Waals surface area (Å²) in [5, 5.41) is 0.672. The molecule has 0 atom stereocenters. The zero-order valence-electron chi connectivity index (χ0n) is 16.9. The number of halogens is 1. The van der Waals surface area contributed by atoms with Crippen LogP contribution in [0.1, 0.15) is 5.56 Å². The molecule has 0 radical (unpaired) electrons. The molecule has 0 aliphatic carbocycles. The van der Waals surface area contributed by atoms with Crippen LogP contribution in [0.5, 0.6) is 0 Å². The molecule has 3 rings (SSSR count). The first-order valence-electron chi connectivity index (χ1n) is 9.65. The summed E-state index contributed by atoms with van der Waals surface area (Å²) in [5.74, 6) is 0.114. The summed E-state index contributed by atoms with van der Waals surface area (Å²) < 4.78 is 0. The van der Waals surface area contributed by atoms with Crippen molar-refractivity contribution in [1.82, 2.24) is 9.80 Å². The molecule has 0 spiro atoms. The molecule has 0 unspecified atom stereocenters. The van der Waals surface area contributed by atoms with Gasteiger partial charge in [0, 0.05) is 56.7 Å². The lowest BCUT2D eigenvalue weighted by molar-refractivity contribution is -0.120. The van der Waals surface area contributed by atoms with Crippen molar-refractivity contribution < 1.29 is 4.79 Å². The molecular weight excluding hydrogens is 372 g/mol. The van der Waals surface area contributed by atoms with Crippen molar-refractivity contribution >= 4 is 28.9 Å². The molecule has 2 aromatic rings. The van der Waals surface area contributed by atoms with Crippen LogP contribution in [0.3, 0.4) is 0 Å². The van der Waals surface area contributed by atoms with Crippen molar-refractivity contribution in [3.8, 4) is 0 Å². The van der Waals surface area contributed by atoms with Gasteiger partial charge in [0.15, 0.2) is 0 Å². The van der Waals surface area contributed by atoms with Gasteiger partial charge >= 0.3 is 0 Å². The van der Waals surface area contributed by atoms with Crippen LogP contribution in [0, 0.1) is 0 Å². The molecule has 1 fully saturated rings. The van der Waals surface area contributed by atoms with Gasteiger partial charge in [0.1, 0.15) is 0 Å². The Bertz CT molecular complexity index is 768. The fraction of sp³-hybridized carbons (Fsp3) is 0.409. The van der Waals surface area contributed by atoms with Crippen LogP contribution in [-0.4, -0.2) is 69.6 Å². The Labute approximate surface area is 173 Å².